The van der Waals surface area contributed by atoms with Crippen molar-refractivity contribution in [2.24, 2.45) is 0 Å². The van der Waals surface area contributed by atoms with Crippen LogP contribution >= 0.6 is 8.58 Å². The van der Waals surface area contributed by atoms with Crippen LogP contribution in [0.2, 0.25) is 0 Å². The standard InChI is InChI=1S/C5H12NP/c1-3-6-4-5-7-2/h4-7H,3H2,1-2H3/b5-4-. The maximum Gasteiger partial charge on any atom is 0.0113 e. The van der Waals surface area contributed by atoms with Gasteiger partial charge in [0.05, 0.1) is 0 Å². The zero-order chi connectivity index (χ0) is 5.54. The molecule has 1 atom stereocenters. The van der Waals surface area contributed by atoms with Crippen LogP contribution in [0, 0.1) is 0 Å². The van der Waals surface area contributed by atoms with E-state index in [2.05, 4.69) is 24.7 Å². The largest absolute Gasteiger partial charge is 0.391 e. The van der Waals surface area contributed by atoms with Gasteiger partial charge in [-0.05, 0) is 25.6 Å². The molecule has 0 fully saturated rings. The van der Waals surface area contributed by atoms with Crippen LogP contribution in [0.3, 0.4) is 0 Å². The Labute approximate surface area is 47.0 Å². The van der Waals surface area contributed by atoms with E-state index < -0.39 is 0 Å². The highest BCUT2D eigenvalue weighted by molar-refractivity contribution is 7.40. The zero-order valence-electron chi connectivity index (χ0n) is 4.86. The minimum Gasteiger partial charge on any atom is -0.391 e. The van der Waals surface area contributed by atoms with Crippen LogP contribution < -0.4 is 5.32 Å². The minimum atomic E-state index is 0.925. The van der Waals surface area contributed by atoms with Gasteiger partial charge in [0.2, 0.25) is 0 Å². The van der Waals surface area contributed by atoms with E-state index in [1.165, 1.54) is 0 Å². The van der Waals surface area contributed by atoms with E-state index in [1.807, 2.05) is 6.20 Å². The van der Waals surface area contributed by atoms with Crippen LogP contribution in [0.25, 0.3) is 0 Å². The van der Waals surface area contributed by atoms with Crippen molar-refractivity contribution in [3.05, 3.63) is 12.0 Å². The summed E-state index contributed by atoms with van der Waals surface area (Å²) in [7, 11) is 0.925. The van der Waals surface area contributed by atoms with Gasteiger partial charge in [-0.2, -0.15) is 0 Å². The first kappa shape index (κ1) is 6.97. The summed E-state index contributed by atoms with van der Waals surface area (Å²) in [6, 6.07) is 0. The molecule has 0 aliphatic rings. The highest BCUT2D eigenvalue weighted by Crippen LogP contribution is 2.00. The molecule has 1 N–H and O–H groups in total. The summed E-state index contributed by atoms with van der Waals surface area (Å²) < 4.78 is 0. The fraction of sp³-hybridized carbons (Fsp3) is 0.600. The SMILES string of the molecule is CCN/C=C\PC. The number of rotatable bonds is 3. The van der Waals surface area contributed by atoms with Gasteiger partial charge in [-0.3, -0.25) is 0 Å². The quantitative estimate of drug-likeness (QED) is 0.550. The Morgan fingerprint density at radius 1 is 1.71 bits per heavy atom. The second kappa shape index (κ2) is 5.97. The average molecular weight is 117 g/mol. The van der Waals surface area contributed by atoms with Crippen molar-refractivity contribution < 1.29 is 0 Å². The van der Waals surface area contributed by atoms with Crippen molar-refractivity contribution in [3.8, 4) is 0 Å². The predicted octanol–water partition coefficient (Wildman–Crippen LogP) is 1.38. The third kappa shape index (κ3) is 5.97. The predicted molar refractivity (Wildman–Crippen MR) is 37.1 cm³/mol. The van der Waals surface area contributed by atoms with Crippen molar-refractivity contribution >= 4 is 8.58 Å². The molecule has 0 aliphatic carbocycles. The molecule has 0 aliphatic heterocycles. The van der Waals surface area contributed by atoms with Crippen molar-refractivity contribution in [1.29, 1.82) is 0 Å². The van der Waals surface area contributed by atoms with Gasteiger partial charge in [0, 0.05) is 6.54 Å². The second-order valence-corrected chi connectivity index (χ2v) is 2.09. The van der Waals surface area contributed by atoms with Crippen LogP contribution in [0.1, 0.15) is 6.92 Å². The van der Waals surface area contributed by atoms with Crippen molar-refractivity contribution in [3.63, 3.8) is 0 Å². The molecule has 2 heteroatoms. The average Bonchev–Trinajstić information content (AvgIpc) is 1.69. The van der Waals surface area contributed by atoms with Crippen LogP contribution in [-0.2, 0) is 0 Å². The van der Waals surface area contributed by atoms with Crippen LogP contribution in [0.5, 0.6) is 0 Å². The van der Waals surface area contributed by atoms with E-state index in [-0.39, 0.29) is 0 Å². The molecule has 0 bridgehead atoms. The van der Waals surface area contributed by atoms with Crippen LogP contribution in [-0.4, -0.2) is 13.2 Å². The summed E-state index contributed by atoms with van der Waals surface area (Å²) in [5, 5.41) is 3.08. The lowest BCUT2D eigenvalue weighted by atomic mass is 10.7. The summed E-state index contributed by atoms with van der Waals surface area (Å²) in [5.74, 6) is 2.13. The first-order valence-electron chi connectivity index (χ1n) is 2.47. The van der Waals surface area contributed by atoms with E-state index in [0.29, 0.717) is 0 Å². The molecule has 0 saturated carbocycles. The molecule has 0 rings (SSSR count). The summed E-state index contributed by atoms with van der Waals surface area (Å²) in [5.41, 5.74) is 0. The van der Waals surface area contributed by atoms with Crippen LogP contribution in [0.4, 0.5) is 0 Å². The number of hydrogen-bond donors (Lipinski definition) is 1. The Morgan fingerprint density at radius 3 is 2.86 bits per heavy atom. The van der Waals surface area contributed by atoms with Gasteiger partial charge >= 0.3 is 0 Å². The molecule has 1 unspecified atom stereocenters. The maximum absolute atomic E-state index is 3.08. The normalized spacial score (nSPS) is 11.7. The van der Waals surface area contributed by atoms with Gasteiger partial charge in [-0.15, -0.1) is 8.58 Å². The molecule has 0 radical (unpaired) electrons. The summed E-state index contributed by atoms with van der Waals surface area (Å²) in [6.45, 7) is 5.26. The lowest BCUT2D eigenvalue weighted by Gasteiger charge is -1.87. The van der Waals surface area contributed by atoms with E-state index in [9.17, 15) is 0 Å². The summed E-state index contributed by atoms with van der Waals surface area (Å²) in [6.07, 6.45) is 2.00. The van der Waals surface area contributed by atoms with Crippen molar-refractivity contribution in [2.75, 3.05) is 13.2 Å². The van der Waals surface area contributed by atoms with Gasteiger partial charge in [-0.25, -0.2) is 0 Å². The fourth-order valence-electron chi connectivity index (χ4n) is 0.260. The molecule has 0 saturated heterocycles. The topological polar surface area (TPSA) is 12.0 Å². The zero-order valence-corrected chi connectivity index (χ0v) is 5.86. The van der Waals surface area contributed by atoms with Gasteiger partial charge in [0.1, 0.15) is 0 Å². The highest BCUT2D eigenvalue weighted by Gasteiger charge is 1.62. The Balaban J connectivity index is 2.78. The molecule has 0 amide bonds. The monoisotopic (exact) mass is 117 g/mol. The third-order valence-electron chi connectivity index (χ3n) is 0.572. The number of hydrogen-bond acceptors (Lipinski definition) is 1. The smallest absolute Gasteiger partial charge is 0.0113 e. The Bertz CT molecular complexity index is 52.0. The molecular weight excluding hydrogens is 105 g/mol. The molecule has 7 heavy (non-hydrogen) atoms. The Morgan fingerprint density at radius 2 is 2.43 bits per heavy atom. The van der Waals surface area contributed by atoms with Gasteiger partial charge in [0.15, 0.2) is 0 Å². The van der Waals surface area contributed by atoms with E-state index in [1.54, 1.807) is 0 Å². The molecule has 0 heterocycles. The Hall–Kier alpha value is -0.0300. The van der Waals surface area contributed by atoms with Crippen molar-refractivity contribution in [2.45, 2.75) is 6.92 Å². The summed E-state index contributed by atoms with van der Waals surface area (Å²) in [4.78, 5) is 0. The molecule has 42 valence electrons. The first-order valence-corrected chi connectivity index (χ1v) is 4.05. The van der Waals surface area contributed by atoms with Gasteiger partial charge in [0.25, 0.3) is 0 Å². The van der Waals surface area contributed by atoms with Crippen molar-refractivity contribution in [1.82, 2.24) is 5.32 Å². The lowest BCUT2D eigenvalue weighted by molar-refractivity contribution is 0.921. The van der Waals surface area contributed by atoms with E-state index in [4.69, 9.17) is 0 Å². The fourth-order valence-corrected chi connectivity index (χ4v) is 0.545. The number of nitrogens with one attached hydrogen (secondary N) is 1. The van der Waals surface area contributed by atoms with Crippen LogP contribution in [0.15, 0.2) is 12.0 Å². The molecular formula is C5H12NP. The second-order valence-electron chi connectivity index (χ2n) is 1.18. The maximum atomic E-state index is 3.08. The molecule has 0 aromatic heterocycles. The first-order chi connectivity index (χ1) is 3.41. The lowest BCUT2D eigenvalue weighted by Crippen LogP contribution is -2.00. The van der Waals surface area contributed by atoms with E-state index >= 15 is 0 Å². The Kier molecular flexibility index (Phi) is 5.94. The van der Waals surface area contributed by atoms with Gasteiger partial charge < -0.3 is 5.32 Å². The van der Waals surface area contributed by atoms with E-state index in [0.717, 1.165) is 15.1 Å². The molecule has 0 aromatic rings. The highest BCUT2D eigenvalue weighted by atomic mass is 31.1. The molecule has 0 spiro atoms. The molecule has 1 nitrogen and oxygen atoms in total. The molecule has 0 aromatic carbocycles. The third-order valence-corrected chi connectivity index (χ3v) is 1.07. The minimum absolute atomic E-state index is 0.925. The summed E-state index contributed by atoms with van der Waals surface area (Å²) >= 11 is 0. The van der Waals surface area contributed by atoms with Gasteiger partial charge in [-0.1, -0.05) is 0 Å².